The lowest BCUT2D eigenvalue weighted by Crippen LogP contribution is -2.33. The SMILES string of the molecule is CCc1nn(CC)c(CC(=O)C(N)CC(C)C)c1Cl. The van der Waals surface area contributed by atoms with Crippen molar-refractivity contribution in [3.8, 4) is 0 Å². The molecule has 0 aromatic carbocycles. The van der Waals surface area contributed by atoms with Crippen molar-refractivity contribution < 1.29 is 4.79 Å². The Morgan fingerprint density at radius 1 is 1.42 bits per heavy atom. The van der Waals surface area contributed by atoms with Crippen LogP contribution in [-0.2, 0) is 24.2 Å². The second-order valence-electron chi connectivity index (χ2n) is 5.26. The van der Waals surface area contributed by atoms with Crippen LogP contribution in [0, 0.1) is 5.92 Å². The number of ketones is 1. The van der Waals surface area contributed by atoms with Crippen LogP contribution < -0.4 is 5.73 Å². The number of nitrogens with zero attached hydrogens (tertiary/aromatic N) is 2. The summed E-state index contributed by atoms with van der Waals surface area (Å²) < 4.78 is 1.81. The van der Waals surface area contributed by atoms with E-state index in [-0.39, 0.29) is 12.2 Å². The van der Waals surface area contributed by atoms with E-state index in [9.17, 15) is 4.79 Å². The van der Waals surface area contributed by atoms with Crippen LogP contribution in [-0.4, -0.2) is 21.6 Å². The van der Waals surface area contributed by atoms with Gasteiger partial charge in [-0.3, -0.25) is 9.48 Å². The predicted molar refractivity (Wildman–Crippen MR) is 78.4 cm³/mol. The number of halogens is 1. The first-order valence-electron chi connectivity index (χ1n) is 6.92. The first-order valence-corrected chi connectivity index (χ1v) is 7.30. The van der Waals surface area contributed by atoms with Crippen LogP contribution >= 0.6 is 11.6 Å². The molecule has 1 aromatic rings. The molecule has 1 unspecified atom stereocenters. The molecule has 4 nitrogen and oxygen atoms in total. The first-order chi connectivity index (χ1) is 8.90. The van der Waals surface area contributed by atoms with Gasteiger partial charge in [-0.25, -0.2) is 0 Å². The molecule has 0 amide bonds. The summed E-state index contributed by atoms with van der Waals surface area (Å²) in [4.78, 5) is 12.1. The van der Waals surface area contributed by atoms with Crippen LogP contribution in [0.5, 0.6) is 0 Å². The molecule has 0 saturated carbocycles. The van der Waals surface area contributed by atoms with E-state index < -0.39 is 6.04 Å². The number of aryl methyl sites for hydroxylation is 2. The number of nitrogens with two attached hydrogens (primary N) is 1. The molecule has 0 saturated heterocycles. The zero-order valence-electron chi connectivity index (χ0n) is 12.2. The smallest absolute Gasteiger partial charge is 0.155 e. The van der Waals surface area contributed by atoms with Crippen LogP contribution in [0.3, 0.4) is 0 Å². The Bertz CT molecular complexity index is 440. The van der Waals surface area contributed by atoms with Crippen molar-refractivity contribution in [3.63, 3.8) is 0 Å². The molecule has 5 heteroatoms. The van der Waals surface area contributed by atoms with Crippen molar-refractivity contribution in [2.45, 2.75) is 59.5 Å². The van der Waals surface area contributed by atoms with Gasteiger partial charge in [-0.05, 0) is 25.7 Å². The van der Waals surface area contributed by atoms with Gasteiger partial charge in [0, 0.05) is 6.54 Å². The van der Waals surface area contributed by atoms with Crippen LogP contribution in [0.15, 0.2) is 0 Å². The lowest BCUT2D eigenvalue weighted by molar-refractivity contribution is -0.120. The molecule has 0 aliphatic heterocycles. The third-order valence-corrected chi connectivity index (χ3v) is 3.61. The number of carbonyl (C=O) groups excluding carboxylic acids is 1. The standard InChI is InChI=1S/C14H24ClN3O/c1-5-11-14(15)12(18(6-2)17-11)8-13(19)10(16)7-9(3)4/h9-10H,5-8,16H2,1-4H3. The molecule has 1 atom stereocenters. The Morgan fingerprint density at radius 3 is 2.53 bits per heavy atom. The molecular formula is C14H24ClN3O. The van der Waals surface area contributed by atoms with Crippen molar-refractivity contribution in [2.24, 2.45) is 11.7 Å². The summed E-state index contributed by atoms with van der Waals surface area (Å²) in [5.41, 5.74) is 7.57. The summed E-state index contributed by atoms with van der Waals surface area (Å²) in [7, 11) is 0. The maximum atomic E-state index is 12.1. The van der Waals surface area contributed by atoms with Crippen LogP contribution in [0.25, 0.3) is 0 Å². The van der Waals surface area contributed by atoms with Crippen molar-refractivity contribution in [3.05, 3.63) is 16.4 Å². The zero-order valence-corrected chi connectivity index (χ0v) is 13.0. The quantitative estimate of drug-likeness (QED) is 0.838. The van der Waals surface area contributed by atoms with E-state index in [1.165, 1.54) is 0 Å². The van der Waals surface area contributed by atoms with Gasteiger partial charge in [-0.15, -0.1) is 0 Å². The molecule has 1 heterocycles. The minimum atomic E-state index is -0.415. The van der Waals surface area contributed by atoms with E-state index in [0.29, 0.717) is 23.9 Å². The highest BCUT2D eigenvalue weighted by Crippen LogP contribution is 2.22. The molecule has 0 aliphatic rings. The highest BCUT2D eigenvalue weighted by molar-refractivity contribution is 6.32. The average Bonchev–Trinajstić information content (AvgIpc) is 2.65. The molecule has 2 N–H and O–H groups in total. The van der Waals surface area contributed by atoms with E-state index in [2.05, 4.69) is 18.9 Å². The highest BCUT2D eigenvalue weighted by atomic mass is 35.5. The maximum absolute atomic E-state index is 12.1. The summed E-state index contributed by atoms with van der Waals surface area (Å²) in [5.74, 6) is 0.449. The molecule has 1 aromatic heterocycles. The van der Waals surface area contributed by atoms with Gasteiger partial charge >= 0.3 is 0 Å². The fourth-order valence-corrected chi connectivity index (χ4v) is 2.46. The van der Waals surface area contributed by atoms with Crippen LogP contribution in [0.2, 0.25) is 5.02 Å². The molecule has 0 radical (unpaired) electrons. The normalized spacial score (nSPS) is 13.0. The van der Waals surface area contributed by atoms with Gasteiger partial charge in [-0.2, -0.15) is 5.10 Å². The minimum Gasteiger partial charge on any atom is -0.321 e. The Labute approximate surface area is 120 Å². The Balaban J connectivity index is 2.86. The lowest BCUT2D eigenvalue weighted by Gasteiger charge is -2.13. The molecule has 0 fully saturated rings. The maximum Gasteiger partial charge on any atom is 0.155 e. The number of rotatable bonds is 7. The fraction of sp³-hybridized carbons (Fsp3) is 0.714. The van der Waals surface area contributed by atoms with E-state index in [4.69, 9.17) is 17.3 Å². The number of hydrogen-bond acceptors (Lipinski definition) is 3. The van der Waals surface area contributed by atoms with Crippen molar-refractivity contribution in [2.75, 3.05) is 0 Å². The molecule has 1 rings (SSSR count). The Hall–Kier alpha value is -0.870. The van der Waals surface area contributed by atoms with Gasteiger partial charge < -0.3 is 5.73 Å². The number of carbonyl (C=O) groups is 1. The highest BCUT2D eigenvalue weighted by Gasteiger charge is 2.21. The summed E-state index contributed by atoms with van der Waals surface area (Å²) >= 11 is 6.29. The lowest BCUT2D eigenvalue weighted by atomic mass is 9.98. The average molecular weight is 286 g/mol. The molecular weight excluding hydrogens is 262 g/mol. The summed E-state index contributed by atoms with van der Waals surface area (Å²) in [6, 6.07) is -0.415. The largest absolute Gasteiger partial charge is 0.321 e. The van der Waals surface area contributed by atoms with Gasteiger partial charge in [0.2, 0.25) is 0 Å². The van der Waals surface area contributed by atoms with Gasteiger partial charge in [0.05, 0.1) is 28.9 Å². The number of aromatic nitrogens is 2. The monoisotopic (exact) mass is 285 g/mol. The molecule has 19 heavy (non-hydrogen) atoms. The number of Topliss-reactive ketones (excluding diaryl/α,β-unsaturated/α-hetero) is 1. The predicted octanol–water partition coefficient (Wildman–Crippen LogP) is 2.60. The van der Waals surface area contributed by atoms with Gasteiger partial charge in [0.25, 0.3) is 0 Å². The third-order valence-electron chi connectivity index (χ3n) is 3.17. The summed E-state index contributed by atoms with van der Waals surface area (Å²) in [5, 5.41) is 5.03. The fourth-order valence-electron chi connectivity index (χ4n) is 2.12. The Morgan fingerprint density at radius 2 is 2.05 bits per heavy atom. The van der Waals surface area contributed by atoms with E-state index in [0.717, 1.165) is 17.8 Å². The van der Waals surface area contributed by atoms with E-state index in [1.807, 2.05) is 13.8 Å². The Kier molecular flexibility index (Phi) is 6.01. The molecule has 108 valence electrons. The van der Waals surface area contributed by atoms with Gasteiger partial charge in [0.1, 0.15) is 0 Å². The first kappa shape index (κ1) is 16.2. The number of hydrogen-bond donors (Lipinski definition) is 1. The van der Waals surface area contributed by atoms with Gasteiger partial charge in [0.15, 0.2) is 5.78 Å². The van der Waals surface area contributed by atoms with E-state index >= 15 is 0 Å². The van der Waals surface area contributed by atoms with Crippen molar-refractivity contribution >= 4 is 17.4 Å². The topological polar surface area (TPSA) is 60.9 Å². The zero-order chi connectivity index (χ0) is 14.6. The second kappa shape index (κ2) is 7.06. The minimum absolute atomic E-state index is 0.0350. The second-order valence-corrected chi connectivity index (χ2v) is 5.63. The molecule has 0 aliphatic carbocycles. The van der Waals surface area contributed by atoms with Crippen LogP contribution in [0.1, 0.15) is 45.5 Å². The van der Waals surface area contributed by atoms with Gasteiger partial charge in [-0.1, -0.05) is 32.4 Å². The summed E-state index contributed by atoms with van der Waals surface area (Å²) in [6.45, 7) is 8.83. The van der Waals surface area contributed by atoms with Crippen molar-refractivity contribution in [1.29, 1.82) is 0 Å². The van der Waals surface area contributed by atoms with E-state index in [1.54, 1.807) is 4.68 Å². The third kappa shape index (κ3) is 4.05. The van der Waals surface area contributed by atoms with Crippen molar-refractivity contribution in [1.82, 2.24) is 9.78 Å². The molecule has 0 bridgehead atoms. The summed E-state index contributed by atoms with van der Waals surface area (Å²) in [6.07, 6.45) is 1.75. The van der Waals surface area contributed by atoms with Crippen LogP contribution in [0.4, 0.5) is 0 Å². The molecule has 0 spiro atoms.